The lowest BCUT2D eigenvalue weighted by Crippen LogP contribution is -2.54. The molecule has 2 rings (SSSR count). The van der Waals surface area contributed by atoms with E-state index in [-0.39, 0.29) is 49.4 Å². The highest BCUT2D eigenvalue weighted by Crippen LogP contribution is 2.33. The van der Waals surface area contributed by atoms with Crippen molar-refractivity contribution >= 4 is 35.3 Å². The van der Waals surface area contributed by atoms with Crippen molar-refractivity contribution in [3.63, 3.8) is 0 Å². The summed E-state index contributed by atoms with van der Waals surface area (Å²) in [5.74, 6) is -3.77. The Hall–Kier alpha value is -3.13. The molecule has 32 heavy (non-hydrogen) atoms. The summed E-state index contributed by atoms with van der Waals surface area (Å²) >= 11 is 5.98. The molecule has 0 amide bonds. The number of nitrogens with zero attached hydrogens (tertiary/aromatic N) is 1. The normalized spacial score (nSPS) is 11.0. The molecule has 172 valence electrons. The Balaban J connectivity index is 2.81. The van der Waals surface area contributed by atoms with Crippen molar-refractivity contribution in [2.24, 2.45) is 0 Å². The maximum atomic E-state index is 13.2. The van der Waals surface area contributed by atoms with Crippen molar-refractivity contribution in [3.05, 3.63) is 59.4 Å². The molecule has 1 aromatic carbocycles. The Morgan fingerprint density at radius 3 is 1.75 bits per heavy atom. The van der Waals surface area contributed by atoms with E-state index in [9.17, 15) is 19.2 Å². The van der Waals surface area contributed by atoms with E-state index < -0.39 is 23.3 Å². The zero-order valence-electron chi connectivity index (χ0n) is 18.3. The number of hydrogen-bond donors (Lipinski definition) is 0. The molecule has 0 saturated heterocycles. The van der Waals surface area contributed by atoms with Crippen LogP contribution in [-0.4, -0.2) is 54.0 Å². The number of carbonyl (C=O) groups is 4. The molecule has 0 unspecified atom stereocenters. The maximum Gasteiger partial charge on any atom is 0.341 e. The largest absolute Gasteiger partial charge is 0.464 e. The van der Waals surface area contributed by atoms with Crippen LogP contribution in [0.25, 0.3) is 0 Å². The smallest absolute Gasteiger partial charge is 0.341 e. The Morgan fingerprint density at radius 1 is 0.812 bits per heavy atom. The van der Waals surface area contributed by atoms with Crippen LogP contribution in [0.1, 0.15) is 42.5 Å². The van der Waals surface area contributed by atoms with E-state index >= 15 is 0 Å². The number of hydrogen-bond acceptors (Lipinski definition) is 7. The van der Waals surface area contributed by atoms with E-state index in [1.807, 2.05) is 0 Å². The number of esters is 3. The number of aromatic nitrogens is 1. The van der Waals surface area contributed by atoms with Crippen LogP contribution in [0.15, 0.2) is 42.5 Å². The third-order valence-corrected chi connectivity index (χ3v) is 4.86. The van der Waals surface area contributed by atoms with Crippen molar-refractivity contribution in [1.82, 2.24) is 4.57 Å². The molecule has 0 saturated carbocycles. The number of carbonyl (C=O) groups excluding carboxylic acids is 4. The minimum atomic E-state index is -2.57. The molecular weight excluding hydrogens is 438 g/mol. The second kappa shape index (κ2) is 11.5. The minimum absolute atomic E-state index is 0.0394. The average molecular weight is 464 g/mol. The zero-order valence-corrected chi connectivity index (χ0v) is 19.0. The predicted molar refractivity (Wildman–Crippen MR) is 117 cm³/mol. The highest BCUT2D eigenvalue weighted by atomic mass is 35.5. The molecule has 8 nitrogen and oxygen atoms in total. The summed E-state index contributed by atoms with van der Waals surface area (Å²) in [6.45, 7) is 4.39. The third-order valence-electron chi connectivity index (χ3n) is 4.69. The van der Waals surface area contributed by atoms with Crippen LogP contribution in [0.5, 0.6) is 0 Å². The first-order valence-corrected chi connectivity index (χ1v) is 10.8. The number of alkyl halides is 1. The van der Waals surface area contributed by atoms with Crippen molar-refractivity contribution in [1.29, 1.82) is 0 Å². The van der Waals surface area contributed by atoms with Crippen molar-refractivity contribution < 1.29 is 33.4 Å². The van der Waals surface area contributed by atoms with Gasteiger partial charge in [0.2, 0.25) is 5.78 Å². The summed E-state index contributed by atoms with van der Waals surface area (Å²) in [5.41, 5.74) is -2.13. The van der Waals surface area contributed by atoms with Gasteiger partial charge in [0.25, 0.3) is 5.41 Å². The van der Waals surface area contributed by atoms with E-state index in [1.54, 1.807) is 51.1 Å². The summed E-state index contributed by atoms with van der Waals surface area (Å²) < 4.78 is 16.7. The lowest BCUT2D eigenvalue weighted by molar-refractivity contribution is -0.176. The standard InChI is InChI=1S/C23H26ClNO7/c1-4-30-20(27)23(21(28)31-5-2,22(29)32-6-3)18-13-12-17(25(18)15-14-24)19(26)16-10-8-7-9-11-16/h7-13H,4-6,14-15H2,1-3H3. The summed E-state index contributed by atoms with van der Waals surface area (Å²) in [5, 5.41) is 0. The van der Waals surface area contributed by atoms with Gasteiger partial charge in [0.05, 0.1) is 31.2 Å². The van der Waals surface area contributed by atoms with Gasteiger partial charge in [-0.2, -0.15) is 0 Å². The van der Waals surface area contributed by atoms with Gasteiger partial charge < -0.3 is 18.8 Å². The number of ketones is 1. The number of halogens is 1. The fraction of sp³-hybridized carbons (Fsp3) is 0.391. The van der Waals surface area contributed by atoms with Gasteiger partial charge in [-0.3, -0.25) is 4.79 Å². The van der Waals surface area contributed by atoms with E-state index in [0.717, 1.165) is 0 Å². The minimum Gasteiger partial charge on any atom is -0.464 e. The SMILES string of the molecule is CCOC(=O)C(C(=O)OCC)(C(=O)OCC)c1ccc(C(=O)c2ccccc2)n1CCCl. The van der Waals surface area contributed by atoms with Crippen LogP contribution >= 0.6 is 11.6 Å². The molecule has 1 heterocycles. The van der Waals surface area contributed by atoms with Gasteiger partial charge in [0.1, 0.15) is 0 Å². The van der Waals surface area contributed by atoms with Gasteiger partial charge in [-0.05, 0) is 32.9 Å². The maximum absolute atomic E-state index is 13.2. The molecule has 9 heteroatoms. The first kappa shape index (κ1) is 25.1. The van der Waals surface area contributed by atoms with Crippen LogP contribution in [-0.2, 0) is 40.6 Å². The molecule has 0 radical (unpaired) electrons. The van der Waals surface area contributed by atoms with E-state index in [2.05, 4.69) is 0 Å². The molecule has 0 atom stereocenters. The number of benzene rings is 1. The summed E-state index contributed by atoms with van der Waals surface area (Å²) in [4.78, 5) is 52.6. The molecule has 0 bridgehead atoms. The average Bonchev–Trinajstić information content (AvgIpc) is 3.19. The van der Waals surface area contributed by atoms with Crippen LogP contribution in [0.2, 0.25) is 0 Å². The van der Waals surface area contributed by atoms with Crippen molar-refractivity contribution in [2.45, 2.75) is 32.7 Å². The monoisotopic (exact) mass is 463 g/mol. The second-order valence-electron chi connectivity index (χ2n) is 6.55. The molecule has 0 N–H and O–H groups in total. The van der Waals surface area contributed by atoms with Gasteiger partial charge in [-0.15, -0.1) is 11.6 Å². The highest BCUT2D eigenvalue weighted by Gasteiger charge is 2.61. The van der Waals surface area contributed by atoms with Gasteiger partial charge in [-0.1, -0.05) is 30.3 Å². The first-order chi connectivity index (χ1) is 15.4. The highest BCUT2D eigenvalue weighted by molar-refractivity contribution is 6.24. The van der Waals surface area contributed by atoms with E-state index in [4.69, 9.17) is 25.8 Å². The Labute approximate surface area is 191 Å². The van der Waals surface area contributed by atoms with Crippen LogP contribution < -0.4 is 0 Å². The number of ether oxygens (including phenoxy) is 3. The van der Waals surface area contributed by atoms with Crippen LogP contribution in [0, 0.1) is 0 Å². The summed E-state index contributed by atoms with van der Waals surface area (Å²) in [6.07, 6.45) is 0. The van der Waals surface area contributed by atoms with E-state index in [1.165, 1.54) is 16.7 Å². The Bertz CT molecular complexity index is 922. The van der Waals surface area contributed by atoms with Crippen LogP contribution in [0.3, 0.4) is 0 Å². The quantitative estimate of drug-likeness (QED) is 0.166. The third kappa shape index (κ3) is 4.70. The summed E-state index contributed by atoms with van der Waals surface area (Å²) in [6, 6.07) is 11.3. The van der Waals surface area contributed by atoms with Crippen molar-refractivity contribution in [3.8, 4) is 0 Å². The first-order valence-electron chi connectivity index (χ1n) is 10.3. The molecular formula is C23H26ClNO7. The molecule has 0 aliphatic rings. The van der Waals surface area contributed by atoms with Gasteiger partial charge in [-0.25, -0.2) is 14.4 Å². The topological polar surface area (TPSA) is 101 Å². The van der Waals surface area contributed by atoms with Gasteiger partial charge in [0.15, 0.2) is 0 Å². The van der Waals surface area contributed by atoms with Crippen LogP contribution in [0.4, 0.5) is 0 Å². The molecule has 0 aliphatic carbocycles. The Kier molecular flexibility index (Phi) is 9.02. The molecule has 0 aliphatic heterocycles. The van der Waals surface area contributed by atoms with Crippen molar-refractivity contribution in [2.75, 3.05) is 25.7 Å². The van der Waals surface area contributed by atoms with Gasteiger partial charge in [0, 0.05) is 18.0 Å². The summed E-state index contributed by atoms with van der Waals surface area (Å²) in [7, 11) is 0. The zero-order chi connectivity index (χ0) is 23.7. The molecule has 2 aromatic rings. The second-order valence-corrected chi connectivity index (χ2v) is 6.93. The Morgan fingerprint density at radius 2 is 1.31 bits per heavy atom. The molecule has 1 aromatic heterocycles. The lowest BCUT2D eigenvalue weighted by atomic mass is 9.84. The fourth-order valence-corrected chi connectivity index (χ4v) is 3.51. The fourth-order valence-electron chi connectivity index (χ4n) is 3.34. The van der Waals surface area contributed by atoms with E-state index in [0.29, 0.717) is 5.56 Å². The lowest BCUT2D eigenvalue weighted by Gasteiger charge is -2.28. The number of rotatable bonds is 11. The van der Waals surface area contributed by atoms with Gasteiger partial charge >= 0.3 is 17.9 Å². The predicted octanol–water partition coefficient (Wildman–Crippen LogP) is 2.89. The molecule has 0 spiro atoms. The molecule has 0 fully saturated rings.